The van der Waals surface area contributed by atoms with Crippen molar-refractivity contribution in [2.45, 2.75) is 19.3 Å². The molecule has 0 fully saturated rings. The Bertz CT molecular complexity index is 646. The van der Waals surface area contributed by atoms with Crippen LogP contribution in [0.25, 0.3) is 11.5 Å². The van der Waals surface area contributed by atoms with Crippen molar-refractivity contribution < 1.29 is 9.84 Å². The quantitative estimate of drug-likeness (QED) is 0.865. The first kappa shape index (κ1) is 13.8. The van der Waals surface area contributed by atoms with Crippen molar-refractivity contribution >= 4 is 5.82 Å². The summed E-state index contributed by atoms with van der Waals surface area (Å²) in [4.78, 5) is 13.5. The monoisotopic (exact) mass is 286 g/mol. The molecule has 110 valence electrons. The molecular formula is C15H18N4O2. The lowest BCUT2D eigenvalue weighted by atomic mass is 10.2. The van der Waals surface area contributed by atoms with Gasteiger partial charge < -0.3 is 15.2 Å². The van der Waals surface area contributed by atoms with E-state index in [9.17, 15) is 0 Å². The van der Waals surface area contributed by atoms with Gasteiger partial charge in [-0.2, -0.15) is 0 Å². The van der Waals surface area contributed by atoms with Gasteiger partial charge in [0.15, 0.2) is 5.82 Å². The van der Waals surface area contributed by atoms with Gasteiger partial charge in [-0.3, -0.25) is 4.98 Å². The molecule has 3 rings (SSSR count). The maximum atomic E-state index is 8.81. The fraction of sp³-hybridized carbons (Fsp3) is 0.400. The Balaban J connectivity index is 1.97. The molecule has 0 radical (unpaired) electrons. The summed E-state index contributed by atoms with van der Waals surface area (Å²) in [5.41, 5.74) is 3.00. The van der Waals surface area contributed by atoms with Crippen molar-refractivity contribution in [1.29, 1.82) is 0 Å². The average molecular weight is 286 g/mol. The van der Waals surface area contributed by atoms with E-state index < -0.39 is 0 Å². The maximum Gasteiger partial charge on any atom is 0.180 e. The molecule has 2 aromatic heterocycles. The van der Waals surface area contributed by atoms with Gasteiger partial charge in [0.2, 0.25) is 0 Å². The Hall–Kier alpha value is -2.21. The highest BCUT2D eigenvalue weighted by molar-refractivity contribution is 5.58. The van der Waals surface area contributed by atoms with Crippen LogP contribution in [0.5, 0.6) is 5.75 Å². The number of aliphatic hydroxyl groups is 1. The molecule has 0 amide bonds. The maximum absolute atomic E-state index is 8.81. The molecule has 2 N–H and O–H groups in total. The van der Waals surface area contributed by atoms with Gasteiger partial charge in [-0.1, -0.05) is 0 Å². The van der Waals surface area contributed by atoms with Gasteiger partial charge in [0.1, 0.15) is 23.9 Å². The highest BCUT2D eigenvalue weighted by Gasteiger charge is 2.19. The van der Waals surface area contributed by atoms with Crippen LogP contribution >= 0.6 is 0 Å². The lowest BCUT2D eigenvalue weighted by Crippen LogP contribution is -2.05. The standard InChI is InChI=1S/C15H18N4O2/c1-16-14-11-3-2-4-12(11)18-15(19-14)13-9-10(5-6-17-13)21-8-7-20/h5-6,9,20H,2-4,7-8H2,1H3,(H,16,18,19). The topological polar surface area (TPSA) is 80.2 Å². The molecule has 0 saturated heterocycles. The van der Waals surface area contributed by atoms with E-state index >= 15 is 0 Å². The van der Waals surface area contributed by atoms with Gasteiger partial charge in [0.05, 0.1) is 6.61 Å². The molecule has 0 aromatic carbocycles. The smallest absolute Gasteiger partial charge is 0.180 e. The molecule has 1 aliphatic carbocycles. The summed E-state index contributed by atoms with van der Waals surface area (Å²) >= 11 is 0. The Morgan fingerprint density at radius 1 is 1.33 bits per heavy atom. The van der Waals surface area contributed by atoms with Crippen LogP contribution in [-0.2, 0) is 12.8 Å². The zero-order valence-corrected chi connectivity index (χ0v) is 12.0. The van der Waals surface area contributed by atoms with Crippen molar-refractivity contribution in [3.8, 4) is 17.3 Å². The Kier molecular flexibility index (Phi) is 3.96. The van der Waals surface area contributed by atoms with Crippen LogP contribution < -0.4 is 10.1 Å². The summed E-state index contributed by atoms with van der Waals surface area (Å²) in [5, 5.41) is 12.0. The molecule has 0 saturated carbocycles. The number of aromatic nitrogens is 3. The molecule has 2 heterocycles. The molecular weight excluding hydrogens is 268 g/mol. The van der Waals surface area contributed by atoms with E-state index in [1.165, 1.54) is 5.56 Å². The van der Waals surface area contributed by atoms with Gasteiger partial charge in [0.25, 0.3) is 0 Å². The average Bonchev–Trinajstić information content (AvgIpc) is 3.00. The van der Waals surface area contributed by atoms with Gasteiger partial charge in [-0.15, -0.1) is 0 Å². The minimum atomic E-state index is -0.0170. The molecule has 1 aliphatic rings. The van der Waals surface area contributed by atoms with Crippen LogP contribution in [0.3, 0.4) is 0 Å². The second-order valence-corrected chi connectivity index (χ2v) is 4.87. The van der Waals surface area contributed by atoms with Crippen molar-refractivity contribution in [2.24, 2.45) is 0 Å². The number of nitrogens with zero attached hydrogens (tertiary/aromatic N) is 3. The van der Waals surface area contributed by atoms with Crippen LogP contribution in [0.15, 0.2) is 18.3 Å². The third kappa shape index (κ3) is 2.80. The third-order valence-corrected chi connectivity index (χ3v) is 3.49. The van der Waals surface area contributed by atoms with Crippen molar-refractivity contribution in [1.82, 2.24) is 15.0 Å². The second kappa shape index (κ2) is 6.05. The zero-order valence-electron chi connectivity index (χ0n) is 12.0. The number of rotatable bonds is 5. The molecule has 21 heavy (non-hydrogen) atoms. The zero-order chi connectivity index (χ0) is 14.7. The molecule has 0 spiro atoms. The van der Waals surface area contributed by atoms with Crippen molar-refractivity contribution in [2.75, 3.05) is 25.6 Å². The summed E-state index contributed by atoms with van der Waals surface area (Å²) in [7, 11) is 1.87. The first-order valence-electron chi connectivity index (χ1n) is 7.09. The van der Waals surface area contributed by atoms with E-state index in [4.69, 9.17) is 9.84 Å². The summed E-state index contributed by atoms with van der Waals surface area (Å²) in [6.45, 7) is 0.243. The number of ether oxygens (including phenoxy) is 1. The Morgan fingerprint density at radius 3 is 3.05 bits per heavy atom. The van der Waals surface area contributed by atoms with Gasteiger partial charge in [-0.05, 0) is 25.3 Å². The Labute approximate surface area is 123 Å². The molecule has 0 aliphatic heterocycles. The summed E-state index contributed by atoms with van der Waals surface area (Å²) in [6.07, 6.45) is 4.80. The van der Waals surface area contributed by atoms with Gasteiger partial charge in [-0.25, -0.2) is 9.97 Å². The van der Waals surface area contributed by atoms with Crippen LogP contribution in [0.1, 0.15) is 17.7 Å². The number of aryl methyl sites for hydroxylation is 1. The fourth-order valence-corrected chi connectivity index (χ4v) is 2.54. The highest BCUT2D eigenvalue weighted by Crippen LogP contribution is 2.29. The lowest BCUT2D eigenvalue weighted by Gasteiger charge is -2.10. The van der Waals surface area contributed by atoms with E-state index in [1.807, 2.05) is 7.05 Å². The highest BCUT2D eigenvalue weighted by atomic mass is 16.5. The summed E-state index contributed by atoms with van der Waals surface area (Å²) in [6, 6.07) is 3.55. The number of anilines is 1. The summed E-state index contributed by atoms with van der Waals surface area (Å²) in [5.74, 6) is 2.15. The van der Waals surface area contributed by atoms with E-state index in [1.54, 1.807) is 18.3 Å². The van der Waals surface area contributed by atoms with Crippen LogP contribution in [0, 0.1) is 0 Å². The second-order valence-electron chi connectivity index (χ2n) is 4.87. The van der Waals surface area contributed by atoms with E-state index in [2.05, 4.69) is 20.3 Å². The minimum Gasteiger partial charge on any atom is -0.491 e. The van der Waals surface area contributed by atoms with E-state index in [-0.39, 0.29) is 13.2 Å². The minimum absolute atomic E-state index is 0.0170. The molecule has 2 aromatic rings. The summed E-state index contributed by atoms with van der Waals surface area (Å²) < 4.78 is 5.41. The van der Waals surface area contributed by atoms with E-state index in [0.29, 0.717) is 17.3 Å². The molecule has 0 atom stereocenters. The first-order chi connectivity index (χ1) is 10.3. The number of aliphatic hydroxyl groups excluding tert-OH is 1. The van der Waals surface area contributed by atoms with Crippen LogP contribution in [0.4, 0.5) is 5.82 Å². The van der Waals surface area contributed by atoms with Crippen LogP contribution in [0.2, 0.25) is 0 Å². The Morgan fingerprint density at radius 2 is 2.24 bits per heavy atom. The van der Waals surface area contributed by atoms with Crippen molar-refractivity contribution in [3.63, 3.8) is 0 Å². The van der Waals surface area contributed by atoms with Gasteiger partial charge in [0, 0.05) is 30.6 Å². The first-order valence-corrected chi connectivity index (χ1v) is 7.09. The van der Waals surface area contributed by atoms with Crippen molar-refractivity contribution in [3.05, 3.63) is 29.6 Å². The SMILES string of the molecule is CNc1nc(-c2cc(OCCO)ccn2)nc2c1CCC2. The normalized spacial score (nSPS) is 13.0. The van der Waals surface area contributed by atoms with Crippen LogP contribution in [-0.4, -0.2) is 40.3 Å². The number of hydrogen-bond donors (Lipinski definition) is 2. The number of fused-ring (bicyclic) bond motifs is 1. The molecule has 6 nitrogen and oxygen atoms in total. The number of nitrogens with one attached hydrogen (secondary N) is 1. The predicted octanol–water partition coefficient (Wildman–Crippen LogP) is 1.44. The predicted molar refractivity (Wildman–Crippen MR) is 79.4 cm³/mol. The molecule has 6 heteroatoms. The number of hydrogen-bond acceptors (Lipinski definition) is 6. The third-order valence-electron chi connectivity index (χ3n) is 3.49. The van der Waals surface area contributed by atoms with Gasteiger partial charge >= 0.3 is 0 Å². The largest absolute Gasteiger partial charge is 0.491 e. The fourth-order valence-electron chi connectivity index (χ4n) is 2.54. The van der Waals surface area contributed by atoms with E-state index in [0.717, 1.165) is 30.8 Å². The number of pyridine rings is 1. The molecule has 0 unspecified atom stereocenters. The lowest BCUT2D eigenvalue weighted by molar-refractivity contribution is 0.201. The molecule has 0 bridgehead atoms.